The highest BCUT2D eigenvalue weighted by Crippen LogP contribution is 2.17. The van der Waals surface area contributed by atoms with Crippen molar-refractivity contribution in [3.8, 4) is 6.07 Å². The molecule has 0 aliphatic heterocycles. The molecule has 136 valence electrons. The van der Waals surface area contributed by atoms with Crippen LogP contribution in [0.25, 0.3) is 0 Å². The molecule has 0 heterocycles. The van der Waals surface area contributed by atoms with Crippen LogP contribution in [0.15, 0.2) is 59.5 Å². The van der Waals surface area contributed by atoms with Gasteiger partial charge in [-0.25, -0.2) is 8.42 Å². The van der Waals surface area contributed by atoms with Crippen LogP contribution in [0, 0.1) is 11.3 Å². The molecular weight excluding hydrogens is 372 g/mol. The number of nitrogens with zero attached hydrogens (tertiary/aromatic N) is 1. The zero-order valence-corrected chi connectivity index (χ0v) is 15.7. The minimum atomic E-state index is -4.04. The van der Waals surface area contributed by atoms with Crippen molar-refractivity contribution in [1.29, 1.82) is 5.26 Å². The molecule has 8 heteroatoms. The summed E-state index contributed by atoms with van der Waals surface area (Å²) in [5.41, 5.74) is 1.08. The summed E-state index contributed by atoms with van der Waals surface area (Å²) in [7, 11) is -2.84. The number of carbonyl (C=O) groups is 1. The summed E-state index contributed by atoms with van der Waals surface area (Å²) >= 11 is 1.41. The predicted molar refractivity (Wildman–Crippen MR) is 99.9 cm³/mol. The minimum absolute atomic E-state index is 0.0144. The standard InChI is InChI=1S/C18H18N2O4S2/c1-24-18(21)16(13-25-12-14-7-3-2-4-8-14)20-26(22,23)17-10-6-5-9-15(17)11-19/h2-10,16,20H,12-13H2,1H3. The molecule has 0 saturated heterocycles. The van der Waals surface area contributed by atoms with Gasteiger partial charge in [-0.1, -0.05) is 42.5 Å². The fourth-order valence-corrected chi connectivity index (χ4v) is 4.65. The van der Waals surface area contributed by atoms with Crippen molar-refractivity contribution in [2.24, 2.45) is 0 Å². The van der Waals surface area contributed by atoms with Crippen LogP contribution < -0.4 is 4.72 Å². The Morgan fingerprint density at radius 1 is 1.19 bits per heavy atom. The van der Waals surface area contributed by atoms with Gasteiger partial charge in [-0.05, 0) is 17.7 Å². The molecule has 0 spiro atoms. The maximum Gasteiger partial charge on any atom is 0.324 e. The van der Waals surface area contributed by atoms with Crippen LogP contribution in [0.1, 0.15) is 11.1 Å². The highest BCUT2D eigenvalue weighted by molar-refractivity contribution is 7.98. The molecule has 0 amide bonds. The van der Waals surface area contributed by atoms with Crippen LogP contribution in [0.4, 0.5) is 0 Å². The van der Waals surface area contributed by atoms with Gasteiger partial charge >= 0.3 is 5.97 Å². The number of nitrogens with one attached hydrogen (secondary N) is 1. The van der Waals surface area contributed by atoms with Crippen molar-refractivity contribution in [2.45, 2.75) is 16.7 Å². The molecule has 0 aliphatic carbocycles. The van der Waals surface area contributed by atoms with Crippen LogP contribution >= 0.6 is 11.8 Å². The van der Waals surface area contributed by atoms with Gasteiger partial charge in [0.15, 0.2) is 0 Å². The monoisotopic (exact) mass is 390 g/mol. The van der Waals surface area contributed by atoms with Gasteiger partial charge in [-0.15, -0.1) is 0 Å². The lowest BCUT2D eigenvalue weighted by Crippen LogP contribution is -2.43. The Hall–Kier alpha value is -2.34. The maximum absolute atomic E-state index is 12.6. The molecule has 26 heavy (non-hydrogen) atoms. The van der Waals surface area contributed by atoms with Gasteiger partial charge in [-0.2, -0.15) is 21.7 Å². The van der Waals surface area contributed by atoms with Gasteiger partial charge in [0.2, 0.25) is 10.0 Å². The predicted octanol–water partition coefficient (Wildman–Crippen LogP) is 2.31. The largest absolute Gasteiger partial charge is 0.468 e. The number of esters is 1. The van der Waals surface area contributed by atoms with Gasteiger partial charge in [0.1, 0.15) is 12.1 Å². The molecule has 0 aromatic heterocycles. The smallest absolute Gasteiger partial charge is 0.324 e. The van der Waals surface area contributed by atoms with Crippen molar-refractivity contribution < 1.29 is 17.9 Å². The lowest BCUT2D eigenvalue weighted by molar-refractivity contribution is -0.141. The number of nitriles is 1. The van der Waals surface area contributed by atoms with Crippen molar-refractivity contribution >= 4 is 27.8 Å². The average molecular weight is 390 g/mol. The topological polar surface area (TPSA) is 96.3 Å². The van der Waals surface area contributed by atoms with Crippen LogP contribution in [-0.2, 0) is 25.3 Å². The lowest BCUT2D eigenvalue weighted by Gasteiger charge is -2.17. The number of carbonyl (C=O) groups excluding carboxylic acids is 1. The van der Waals surface area contributed by atoms with E-state index >= 15 is 0 Å². The van der Waals surface area contributed by atoms with Crippen LogP contribution in [0.3, 0.4) is 0 Å². The third-order valence-electron chi connectivity index (χ3n) is 3.48. The summed E-state index contributed by atoms with van der Waals surface area (Å²) in [6.07, 6.45) is 0. The van der Waals surface area contributed by atoms with E-state index in [-0.39, 0.29) is 16.2 Å². The number of hydrogen-bond acceptors (Lipinski definition) is 6. The van der Waals surface area contributed by atoms with Crippen molar-refractivity contribution in [1.82, 2.24) is 4.72 Å². The molecule has 2 rings (SSSR count). The van der Waals surface area contributed by atoms with Gasteiger partial charge < -0.3 is 4.74 Å². The number of thioether (sulfide) groups is 1. The number of rotatable bonds is 8. The van der Waals surface area contributed by atoms with Crippen LogP contribution in [0.2, 0.25) is 0 Å². The van der Waals surface area contributed by atoms with E-state index in [0.717, 1.165) is 5.56 Å². The molecule has 0 bridgehead atoms. The highest BCUT2D eigenvalue weighted by atomic mass is 32.2. The molecule has 0 aliphatic rings. The van der Waals surface area contributed by atoms with Crippen molar-refractivity contribution in [2.75, 3.05) is 12.9 Å². The Morgan fingerprint density at radius 3 is 2.50 bits per heavy atom. The molecule has 1 unspecified atom stereocenters. The first-order valence-corrected chi connectivity index (χ1v) is 10.3. The molecule has 2 aromatic carbocycles. The number of ether oxygens (including phenoxy) is 1. The number of benzene rings is 2. The van der Waals surface area contributed by atoms with E-state index < -0.39 is 22.0 Å². The quantitative estimate of drug-likeness (QED) is 0.695. The second kappa shape index (κ2) is 9.38. The summed E-state index contributed by atoms with van der Waals surface area (Å²) < 4.78 is 32.2. The molecule has 1 atom stereocenters. The molecule has 0 radical (unpaired) electrons. The average Bonchev–Trinajstić information content (AvgIpc) is 2.67. The Balaban J connectivity index is 2.12. The lowest BCUT2D eigenvalue weighted by atomic mass is 10.2. The van der Waals surface area contributed by atoms with E-state index in [1.54, 1.807) is 6.07 Å². The summed E-state index contributed by atoms with van der Waals surface area (Å²) in [4.78, 5) is 11.8. The summed E-state index contributed by atoms with van der Waals surface area (Å²) in [5.74, 6) is 0.156. The Morgan fingerprint density at radius 2 is 1.85 bits per heavy atom. The molecule has 0 fully saturated rings. The zero-order valence-electron chi connectivity index (χ0n) is 14.1. The van der Waals surface area contributed by atoms with Gasteiger partial charge in [-0.3, -0.25) is 4.79 Å². The number of methoxy groups -OCH3 is 1. The maximum atomic E-state index is 12.6. The fraction of sp³-hybridized carbons (Fsp3) is 0.222. The first-order chi connectivity index (χ1) is 12.5. The van der Waals surface area contributed by atoms with E-state index in [9.17, 15) is 13.2 Å². The summed E-state index contributed by atoms with van der Waals surface area (Å²) in [6.45, 7) is 0. The van der Waals surface area contributed by atoms with Crippen LogP contribution in [0.5, 0.6) is 0 Å². The second-order valence-electron chi connectivity index (χ2n) is 5.31. The molecule has 2 aromatic rings. The minimum Gasteiger partial charge on any atom is -0.468 e. The molecular formula is C18H18N2O4S2. The Bertz CT molecular complexity index is 893. The zero-order chi connectivity index (χ0) is 19.0. The first-order valence-electron chi connectivity index (χ1n) is 7.69. The first kappa shape index (κ1) is 20.0. The second-order valence-corrected chi connectivity index (χ2v) is 8.02. The molecule has 0 saturated carbocycles. The summed E-state index contributed by atoms with van der Waals surface area (Å²) in [6, 6.07) is 16.3. The SMILES string of the molecule is COC(=O)C(CSCc1ccccc1)NS(=O)(=O)c1ccccc1C#N. The number of sulfonamides is 1. The normalized spacial score (nSPS) is 12.2. The highest BCUT2D eigenvalue weighted by Gasteiger charge is 2.28. The van der Waals surface area contributed by atoms with Crippen LogP contribution in [-0.4, -0.2) is 33.3 Å². The van der Waals surface area contributed by atoms with Gasteiger partial charge in [0, 0.05) is 11.5 Å². The van der Waals surface area contributed by atoms with Gasteiger partial charge in [0.25, 0.3) is 0 Å². The van der Waals surface area contributed by atoms with E-state index in [1.807, 2.05) is 36.4 Å². The van der Waals surface area contributed by atoms with Crippen molar-refractivity contribution in [3.05, 3.63) is 65.7 Å². The number of hydrogen-bond donors (Lipinski definition) is 1. The van der Waals surface area contributed by atoms with E-state index in [1.165, 1.54) is 37.1 Å². The van der Waals surface area contributed by atoms with E-state index in [0.29, 0.717) is 5.75 Å². The Labute approximate surface area is 157 Å². The fourth-order valence-electron chi connectivity index (χ4n) is 2.21. The van der Waals surface area contributed by atoms with E-state index in [4.69, 9.17) is 10.00 Å². The van der Waals surface area contributed by atoms with E-state index in [2.05, 4.69) is 4.72 Å². The van der Waals surface area contributed by atoms with Crippen molar-refractivity contribution in [3.63, 3.8) is 0 Å². The third-order valence-corrected chi connectivity index (χ3v) is 6.11. The third kappa shape index (κ3) is 5.33. The molecule has 6 nitrogen and oxygen atoms in total. The van der Waals surface area contributed by atoms with Gasteiger partial charge in [0.05, 0.1) is 17.6 Å². The Kier molecular flexibility index (Phi) is 7.21. The molecule has 1 N–H and O–H groups in total. The summed E-state index contributed by atoms with van der Waals surface area (Å²) in [5, 5.41) is 9.10.